The molecular weight excluding hydrogens is 336 g/mol. The predicted octanol–water partition coefficient (Wildman–Crippen LogP) is 2.60. The van der Waals surface area contributed by atoms with Crippen molar-refractivity contribution in [3.63, 3.8) is 0 Å². The summed E-state index contributed by atoms with van der Waals surface area (Å²) < 4.78 is 0. The molecule has 1 aliphatic heterocycles. The van der Waals surface area contributed by atoms with Crippen LogP contribution in [0.4, 0.5) is 0 Å². The molecule has 1 aromatic carbocycles. The molecule has 1 aromatic rings. The van der Waals surface area contributed by atoms with Crippen LogP contribution in [-0.4, -0.2) is 41.0 Å². The molecule has 0 saturated carbocycles. The third kappa shape index (κ3) is 5.88. The molecule has 0 aromatic heterocycles. The molecule has 6 heteroatoms. The van der Waals surface area contributed by atoms with Gasteiger partial charge in [-0.15, -0.1) is 11.8 Å². The van der Waals surface area contributed by atoms with Crippen LogP contribution < -0.4 is 5.32 Å². The zero-order valence-corrected chi connectivity index (χ0v) is 15.7. The predicted molar refractivity (Wildman–Crippen MR) is 99.9 cm³/mol. The Kier molecular flexibility index (Phi) is 7.50. The lowest BCUT2D eigenvalue weighted by Crippen LogP contribution is -2.38. The Bertz CT molecular complexity index is 588. The molecule has 5 nitrogen and oxygen atoms in total. The Morgan fingerprint density at radius 2 is 1.80 bits per heavy atom. The standard InChI is InChI=1S/C19H26N2O3S/c1-14(2)18(25-13-15-7-4-3-5-8-15)19(24)20-11-6-12-21-16(22)9-10-17(21)23/h3-5,7-8,14,18H,6,9-13H2,1-2H3,(H,20,24). The number of hydrogen-bond donors (Lipinski definition) is 1. The van der Waals surface area contributed by atoms with Gasteiger partial charge in [-0.25, -0.2) is 0 Å². The van der Waals surface area contributed by atoms with Crippen molar-refractivity contribution in [3.8, 4) is 0 Å². The quantitative estimate of drug-likeness (QED) is 0.542. The second kappa shape index (κ2) is 9.61. The lowest BCUT2D eigenvalue weighted by molar-refractivity contribution is -0.138. The fraction of sp³-hybridized carbons (Fsp3) is 0.526. The van der Waals surface area contributed by atoms with E-state index in [1.807, 2.05) is 32.0 Å². The highest BCUT2D eigenvalue weighted by atomic mass is 32.2. The van der Waals surface area contributed by atoms with Crippen molar-refractivity contribution in [3.05, 3.63) is 35.9 Å². The number of nitrogens with one attached hydrogen (secondary N) is 1. The number of hydrogen-bond acceptors (Lipinski definition) is 4. The number of nitrogens with zero attached hydrogens (tertiary/aromatic N) is 1. The first-order valence-corrected chi connectivity index (χ1v) is 9.80. The summed E-state index contributed by atoms with van der Waals surface area (Å²) in [5.41, 5.74) is 1.21. The summed E-state index contributed by atoms with van der Waals surface area (Å²) in [5, 5.41) is 2.83. The summed E-state index contributed by atoms with van der Waals surface area (Å²) in [7, 11) is 0. The molecule has 1 saturated heterocycles. The van der Waals surface area contributed by atoms with Crippen LogP contribution in [-0.2, 0) is 20.1 Å². The fourth-order valence-corrected chi connectivity index (χ4v) is 3.94. The second-order valence-corrected chi connectivity index (χ2v) is 7.67. The van der Waals surface area contributed by atoms with Crippen LogP contribution in [0.25, 0.3) is 0 Å². The van der Waals surface area contributed by atoms with E-state index < -0.39 is 0 Å². The maximum absolute atomic E-state index is 12.5. The average Bonchev–Trinajstić information content (AvgIpc) is 2.91. The molecule has 25 heavy (non-hydrogen) atoms. The average molecular weight is 362 g/mol. The molecule has 1 unspecified atom stereocenters. The van der Waals surface area contributed by atoms with E-state index in [4.69, 9.17) is 0 Å². The van der Waals surface area contributed by atoms with E-state index in [-0.39, 0.29) is 28.9 Å². The van der Waals surface area contributed by atoms with Crippen molar-refractivity contribution in [2.45, 2.75) is 44.1 Å². The maximum Gasteiger partial charge on any atom is 0.233 e. The lowest BCUT2D eigenvalue weighted by Gasteiger charge is -2.20. The first-order chi connectivity index (χ1) is 12.0. The highest BCUT2D eigenvalue weighted by Gasteiger charge is 2.28. The number of carbonyl (C=O) groups is 3. The Morgan fingerprint density at radius 3 is 2.40 bits per heavy atom. The van der Waals surface area contributed by atoms with Crippen molar-refractivity contribution in [2.24, 2.45) is 5.92 Å². The smallest absolute Gasteiger partial charge is 0.233 e. The van der Waals surface area contributed by atoms with Gasteiger partial charge in [-0.3, -0.25) is 19.3 Å². The summed E-state index contributed by atoms with van der Waals surface area (Å²) in [6.45, 7) is 4.96. The topological polar surface area (TPSA) is 66.5 Å². The third-order valence-electron chi connectivity index (χ3n) is 4.15. The highest BCUT2D eigenvalue weighted by molar-refractivity contribution is 7.99. The molecule has 0 spiro atoms. The molecule has 1 aliphatic rings. The Morgan fingerprint density at radius 1 is 1.16 bits per heavy atom. The number of amides is 3. The first-order valence-electron chi connectivity index (χ1n) is 8.75. The Hall–Kier alpha value is -1.82. The molecule has 1 atom stereocenters. The summed E-state index contributed by atoms with van der Waals surface area (Å²) in [4.78, 5) is 36.8. The molecule has 0 aliphatic carbocycles. The second-order valence-electron chi connectivity index (χ2n) is 6.54. The minimum Gasteiger partial charge on any atom is -0.355 e. The van der Waals surface area contributed by atoms with Gasteiger partial charge < -0.3 is 5.32 Å². The summed E-state index contributed by atoms with van der Waals surface area (Å²) in [6, 6.07) is 10.1. The van der Waals surface area contributed by atoms with Crippen LogP contribution in [0, 0.1) is 5.92 Å². The van der Waals surface area contributed by atoms with Gasteiger partial charge in [-0.1, -0.05) is 44.2 Å². The van der Waals surface area contributed by atoms with E-state index in [1.165, 1.54) is 10.5 Å². The van der Waals surface area contributed by atoms with Gasteiger partial charge in [0.1, 0.15) is 0 Å². The van der Waals surface area contributed by atoms with E-state index in [9.17, 15) is 14.4 Å². The van der Waals surface area contributed by atoms with Gasteiger partial charge in [-0.2, -0.15) is 0 Å². The van der Waals surface area contributed by atoms with Gasteiger partial charge in [-0.05, 0) is 17.9 Å². The Labute approximate surface area is 153 Å². The van der Waals surface area contributed by atoms with Crippen molar-refractivity contribution in [1.29, 1.82) is 0 Å². The molecule has 1 fully saturated rings. The normalized spacial score (nSPS) is 15.7. The number of thioether (sulfide) groups is 1. The SMILES string of the molecule is CC(C)C(SCc1ccccc1)C(=O)NCCCN1C(=O)CCC1=O. The lowest BCUT2D eigenvalue weighted by atomic mass is 10.1. The third-order valence-corrected chi connectivity index (χ3v) is 5.77. The molecule has 0 radical (unpaired) electrons. The molecule has 0 bridgehead atoms. The maximum atomic E-state index is 12.5. The summed E-state index contributed by atoms with van der Waals surface area (Å²) in [6.07, 6.45) is 1.23. The molecule has 2 rings (SSSR count). The number of carbonyl (C=O) groups excluding carboxylic acids is 3. The van der Waals surface area contributed by atoms with E-state index in [0.717, 1.165) is 5.75 Å². The number of rotatable bonds is 9. The highest BCUT2D eigenvalue weighted by Crippen LogP contribution is 2.24. The largest absolute Gasteiger partial charge is 0.355 e. The van der Waals surface area contributed by atoms with Crippen molar-refractivity contribution in [1.82, 2.24) is 10.2 Å². The monoisotopic (exact) mass is 362 g/mol. The van der Waals surface area contributed by atoms with Crippen LogP contribution >= 0.6 is 11.8 Å². The molecule has 1 N–H and O–H groups in total. The number of imide groups is 1. The summed E-state index contributed by atoms with van der Waals surface area (Å²) >= 11 is 1.64. The minimum absolute atomic E-state index is 0.0232. The van der Waals surface area contributed by atoms with Crippen LogP contribution in [0.1, 0.15) is 38.7 Å². The first kappa shape index (κ1) is 19.5. The number of likely N-dealkylation sites (tertiary alicyclic amines) is 1. The number of benzene rings is 1. The van der Waals surface area contributed by atoms with Crippen molar-refractivity contribution >= 4 is 29.5 Å². The van der Waals surface area contributed by atoms with Crippen LogP contribution in [0.15, 0.2) is 30.3 Å². The van der Waals surface area contributed by atoms with Gasteiger partial charge in [0, 0.05) is 31.7 Å². The van der Waals surface area contributed by atoms with Crippen LogP contribution in [0.2, 0.25) is 0 Å². The van der Waals surface area contributed by atoms with Crippen molar-refractivity contribution in [2.75, 3.05) is 13.1 Å². The molecule has 136 valence electrons. The van der Waals surface area contributed by atoms with Gasteiger partial charge >= 0.3 is 0 Å². The molecular formula is C19H26N2O3S. The molecule has 1 heterocycles. The zero-order chi connectivity index (χ0) is 18.2. The van der Waals surface area contributed by atoms with Gasteiger partial charge in [0.2, 0.25) is 17.7 Å². The van der Waals surface area contributed by atoms with Gasteiger partial charge in [0.05, 0.1) is 5.25 Å². The van der Waals surface area contributed by atoms with Crippen LogP contribution in [0.5, 0.6) is 0 Å². The van der Waals surface area contributed by atoms with E-state index in [0.29, 0.717) is 32.4 Å². The fourth-order valence-electron chi connectivity index (χ4n) is 2.75. The van der Waals surface area contributed by atoms with E-state index >= 15 is 0 Å². The summed E-state index contributed by atoms with van der Waals surface area (Å²) in [5.74, 6) is 0.850. The van der Waals surface area contributed by atoms with Crippen LogP contribution in [0.3, 0.4) is 0 Å². The van der Waals surface area contributed by atoms with Gasteiger partial charge in [0.25, 0.3) is 0 Å². The van der Waals surface area contributed by atoms with Gasteiger partial charge in [0.15, 0.2) is 0 Å². The Balaban J connectivity index is 1.74. The van der Waals surface area contributed by atoms with E-state index in [2.05, 4.69) is 17.4 Å². The molecule has 3 amide bonds. The van der Waals surface area contributed by atoms with Crippen molar-refractivity contribution < 1.29 is 14.4 Å². The zero-order valence-electron chi connectivity index (χ0n) is 14.9. The van der Waals surface area contributed by atoms with E-state index in [1.54, 1.807) is 11.8 Å². The minimum atomic E-state index is -0.116.